The predicted octanol–water partition coefficient (Wildman–Crippen LogP) is 3.43. The van der Waals surface area contributed by atoms with Gasteiger partial charge < -0.3 is 15.4 Å². The van der Waals surface area contributed by atoms with Gasteiger partial charge in [0.1, 0.15) is 11.4 Å². The summed E-state index contributed by atoms with van der Waals surface area (Å²) in [7, 11) is 0. The molecule has 4 rings (SSSR count). The standard InChI is InChI=1S/C20H21F3N2O3/c21-20(22,23)13-5-1-4-12(10-13)11-24-15-16(18(27)17(15)26)25-14-6-2-7-19(14)8-3-9-28-19/h1,4-5,10,14,24-25H,2-3,6-9,11H2. The Morgan fingerprint density at radius 1 is 1.11 bits per heavy atom. The molecule has 1 aliphatic carbocycles. The molecule has 1 saturated heterocycles. The van der Waals surface area contributed by atoms with E-state index in [-0.39, 0.29) is 29.6 Å². The Labute approximate surface area is 159 Å². The molecule has 2 fully saturated rings. The highest BCUT2D eigenvalue weighted by molar-refractivity contribution is 5.74. The summed E-state index contributed by atoms with van der Waals surface area (Å²) in [5, 5.41) is 6.03. The van der Waals surface area contributed by atoms with Crippen molar-refractivity contribution < 1.29 is 17.9 Å². The van der Waals surface area contributed by atoms with Crippen LogP contribution < -0.4 is 21.5 Å². The largest absolute Gasteiger partial charge is 0.416 e. The summed E-state index contributed by atoms with van der Waals surface area (Å²) in [6.45, 7) is 0.723. The number of anilines is 2. The molecule has 0 amide bonds. The van der Waals surface area contributed by atoms with Crippen molar-refractivity contribution >= 4 is 11.4 Å². The van der Waals surface area contributed by atoms with E-state index in [9.17, 15) is 22.8 Å². The molecule has 2 aliphatic rings. The minimum absolute atomic E-state index is 0.0236. The van der Waals surface area contributed by atoms with Gasteiger partial charge in [-0.15, -0.1) is 0 Å². The van der Waals surface area contributed by atoms with Gasteiger partial charge in [0.25, 0.3) is 10.9 Å². The van der Waals surface area contributed by atoms with E-state index in [1.165, 1.54) is 6.07 Å². The van der Waals surface area contributed by atoms with E-state index < -0.39 is 22.6 Å². The number of rotatable bonds is 5. The summed E-state index contributed by atoms with van der Waals surface area (Å²) in [6, 6.07) is 4.85. The molecule has 1 aliphatic heterocycles. The second kappa shape index (κ2) is 6.92. The minimum atomic E-state index is -4.43. The summed E-state index contributed by atoms with van der Waals surface area (Å²) in [5.41, 5.74) is -1.52. The molecule has 5 nitrogen and oxygen atoms in total. The topological polar surface area (TPSA) is 67.4 Å². The van der Waals surface area contributed by atoms with Crippen molar-refractivity contribution in [3.05, 3.63) is 55.8 Å². The number of halogens is 3. The molecule has 2 N–H and O–H groups in total. The molecule has 28 heavy (non-hydrogen) atoms. The maximum Gasteiger partial charge on any atom is 0.416 e. The van der Waals surface area contributed by atoms with Crippen molar-refractivity contribution in [1.29, 1.82) is 0 Å². The Balaban J connectivity index is 1.48. The fourth-order valence-corrected chi connectivity index (χ4v) is 4.36. The minimum Gasteiger partial charge on any atom is -0.376 e. The molecule has 0 aromatic heterocycles. The Morgan fingerprint density at radius 2 is 1.86 bits per heavy atom. The van der Waals surface area contributed by atoms with E-state index in [1.807, 2.05) is 0 Å². The number of hydrogen-bond acceptors (Lipinski definition) is 5. The van der Waals surface area contributed by atoms with Gasteiger partial charge in [-0.1, -0.05) is 12.1 Å². The predicted molar refractivity (Wildman–Crippen MR) is 99.3 cm³/mol. The van der Waals surface area contributed by atoms with Gasteiger partial charge in [-0.05, 0) is 49.8 Å². The number of hydrogen-bond donors (Lipinski definition) is 2. The van der Waals surface area contributed by atoms with Crippen molar-refractivity contribution in [3.63, 3.8) is 0 Å². The first kappa shape index (κ1) is 19.0. The molecule has 1 spiro atoms. The molecule has 1 saturated carbocycles. The quantitative estimate of drug-likeness (QED) is 0.761. The van der Waals surface area contributed by atoms with Crippen LogP contribution in [0.3, 0.4) is 0 Å². The van der Waals surface area contributed by atoms with Crippen LogP contribution in [0.1, 0.15) is 43.2 Å². The number of nitrogens with one attached hydrogen (secondary N) is 2. The van der Waals surface area contributed by atoms with Crippen LogP contribution in [0, 0.1) is 0 Å². The number of alkyl halides is 3. The fourth-order valence-electron chi connectivity index (χ4n) is 4.36. The molecule has 2 unspecified atom stereocenters. The van der Waals surface area contributed by atoms with Crippen molar-refractivity contribution in [3.8, 4) is 0 Å². The Morgan fingerprint density at radius 3 is 2.57 bits per heavy atom. The summed E-state index contributed by atoms with van der Waals surface area (Å²) in [6.07, 6.45) is 0.235. The Hall–Kier alpha value is -2.35. The SMILES string of the molecule is O=c1c(NCc2cccc(C(F)(F)F)c2)c(NC2CCCC23CCCO3)c1=O. The third kappa shape index (κ3) is 3.30. The zero-order valence-corrected chi connectivity index (χ0v) is 15.2. The van der Waals surface area contributed by atoms with E-state index in [1.54, 1.807) is 6.07 Å². The highest BCUT2D eigenvalue weighted by Crippen LogP contribution is 2.42. The van der Waals surface area contributed by atoms with E-state index in [0.29, 0.717) is 12.2 Å². The molecule has 150 valence electrons. The Bertz CT molecular complexity index is 936. The number of ether oxygens (including phenoxy) is 1. The second-order valence-electron chi connectivity index (χ2n) is 7.57. The maximum atomic E-state index is 12.8. The van der Waals surface area contributed by atoms with Crippen LogP contribution in [0.25, 0.3) is 0 Å². The summed E-state index contributed by atoms with van der Waals surface area (Å²) in [5.74, 6) is 0. The smallest absolute Gasteiger partial charge is 0.376 e. The first-order valence-electron chi connectivity index (χ1n) is 9.44. The van der Waals surface area contributed by atoms with Gasteiger partial charge in [-0.25, -0.2) is 0 Å². The normalized spacial score (nSPS) is 24.9. The zero-order chi connectivity index (χ0) is 19.9. The monoisotopic (exact) mass is 394 g/mol. The van der Waals surface area contributed by atoms with Crippen LogP contribution in [0.5, 0.6) is 0 Å². The molecule has 0 bridgehead atoms. The van der Waals surface area contributed by atoms with Crippen LogP contribution in [0.2, 0.25) is 0 Å². The lowest BCUT2D eigenvalue weighted by molar-refractivity contribution is -0.137. The van der Waals surface area contributed by atoms with E-state index in [2.05, 4.69) is 10.6 Å². The van der Waals surface area contributed by atoms with Gasteiger partial charge in [0.05, 0.1) is 17.2 Å². The van der Waals surface area contributed by atoms with Crippen LogP contribution in [-0.4, -0.2) is 18.2 Å². The van der Waals surface area contributed by atoms with Crippen LogP contribution in [-0.2, 0) is 17.5 Å². The highest BCUT2D eigenvalue weighted by Gasteiger charge is 2.47. The first-order valence-corrected chi connectivity index (χ1v) is 9.44. The van der Waals surface area contributed by atoms with Crippen molar-refractivity contribution in [2.45, 2.75) is 56.5 Å². The molecule has 2 atom stereocenters. The van der Waals surface area contributed by atoms with Crippen molar-refractivity contribution in [2.24, 2.45) is 0 Å². The average Bonchev–Trinajstić information content (AvgIpc) is 3.30. The summed E-state index contributed by atoms with van der Waals surface area (Å²) >= 11 is 0. The molecular weight excluding hydrogens is 373 g/mol. The molecule has 8 heteroatoms. The fraction of sp³-hybridized carbons (Fsp3) is 0.500. The molecule has 0 radical (unpaired) electrons. The first-order chi connectivity index (χ1) is 13.3. The lowest BCUT2D eigenvalue weighted by Crippen LogP contribution is -2.46. The van der Waals surface area contributed by atoms with Gasteiger partial charge in [-0.3, -0.25) is 9.59 Å². The van der Waals surface area contributed by atoms with Gasteiger partial charge in [0.15, 0.2) is 0 Å². The maximum absolute atomic E-state index is 12.8. The van der Waals surface area contributed by atoms with Gasteiger partial charge in [0, 0.05) is 13.2 Å². The molecule has 2 aromatic rings. The molecule has 2 aromatic carbocycles. The van der Waals surface area contributed by atoms with E-state index in [0.717, 1.165) is 44.2 Å². The van der Waals surface area contributed by atoms with Gasteiger partial charge >= 0.3 is 6.18 Å². The van der Waals surface area contributed by atoms with Crippen LogP contribution >= 0.6 is 0 Å². The number of benzene rings is 1. The van der Waals surface area contributed by atoms with E-state index in [4.69, 9.17) is 4.74 Å². The summed E-state index contributed by atoms with van der Waals surface area (Å²) < 4.78 is 44.5. The van der Waals surface area contributed by atoms with Crippen LogP contribution in [0.15, 0.2) is 33.9 Å². The van der Waals surface area contributed by atoms with Gasteiger partial charge in [0.2, 0.25) is 0 Å². The van der Waals surface area contributed by atoms with Crippen molar-refractivity contribution in [2.75, 3.05) is 17.2 Å². The average molecular weight is 394 g/mol. The second-order valence-corrected chi connectivity index (χ2v) is 7.57. The molecule has 1 heterocycles. The molecular formula is C20H21F3N2O3. The lowest BCUT2D eigenvalue weighted by atomic mass is 9.93. The zero-order valence-electron chi connectivity index (χ0n) is 15.2. The third-order valence-electron chi connectivity index (χ3n) is 5.81. The van der Waals surface area contributed by atoms with Gasteiger partial charge in [-0.2, -0.15) is 13.2 Å². The highest BCUT2D eigenvalue weighted by atomic mass is 19.4. The Kier molecular flexibility index (Phi) is 4.69. The third-order valence-corrected chi connectivity index (χ3v) is 5.81. The van der Waals surface area contributed by atoms with Crippen LogP contribution in [0.4, 0.5) is 24.5 Å². The lowest BCUT2D eigenvalue weighted by Gasteiger charge is -2.32. The van der Waals surface area contributed by atoms with E-state index >= 15 is 0 Å². The summed E-state index contributed by atoms with van der Waals surface area (Å²) in [4.78, 5) is 24.0. The van der Waals surface area contributed by atoms with Crippen molar-refractivity contribution in [1.82, 2.24) is 0 Å².